The third kappa shape index (κ3) is 6.36. The SMILES string of the molecule is COCCCOCCNCC1CCCC1CO. The lowest BCUT2D eigenvalue weighted by Gasteiger charge is -2.17. The van der Waals surface area contributed by atoms with Crippen molar-refractivity contribution >= 4 is 0 Å². The minimum atomic E-state index is 0.347. The monoisotopic (exact) mass is 245 g/mol. The van der Waals surface area contributed by atoms with Crippen molar-refractivity contribution < 1.29 is 14.6 Å². The Hall–Kier alpha value is -0.160. The third-order valence-corrected chi connectivity index (χ3v) is 3.52. The maximum Gasteiger partial charge on any atom is 0.0590 e. The number of hydrogen-bond donors (Lipinski definition) is 2. The number of hydrogen-bond acceptors (Lipinski definition) is 4. The summed E-state index contributed by atoms with van der Waals surface area (Å²) in [5.74, 6) is 1.18. The molecule has 2 unspecified atom stereocenters. The third-order valence-electron chi connectivity index (χ3n) is 3.52. The zero-order chi connectivity index (χ0) is 12.3. The van der Waals surface area contributed by atoms with Crippen LogP contribution in [0, 0.1) is 11.8 Å². The van der Waals surface area contributed by atoms with Gasteiger partial charge in [0.1, 0.15) is 0 Å². The Kier molecular flexibility index (Phi) is 8.61. The summed E-state index contributed by atoms with van der Waals surface area (Å²) in [4.78, 5) is 0. The fourth-order valence-corrected chi connectivity index (χ4v) is 2.46. The quantitative estimate of drug-likeness (QED) is 0.565. The number of nitrogens with one attached hydrogen (secondary N) is 1. The first-order chi connectivity index (χ1) is 8.38. The minimum Gasteiger partial charge on any atom is -0.396 e. The van der Waals surface area contributed by atoms with Crippen molar-refractivity contribution in [3.63, 3.8) is 0 Å². The highest BCUT2D eigenvalue weighted by Gasteiger charge is 2.25. The van der Waals surface area contributed by atoms with Crippen LogP contribution in [0.4, 0.5) is 0 Å². The van der Waals surface area contributed by atoms with Gasteiger partial charge in [-0.1, -0.05) is 6.42 Å². The van der Waals surface area contributed by atoms with E-state index < -0.39 is 0 Å². The molecular weight excluding hydrogens is 218 g/mol. The van der Waals surface area contributed by atoms with E-state index in [0.717, 1.165) is 39.3 Å². The first-order valence-electron chi connectivity index (χ1n) is 6.76. The first-order valence-corrected chi connectivity index (χ1v) is 6.76. The smallest absolute Gasteiger partial charge is 0.0590 e. The molecule has 0 amide bonds. The molecule has 0 aliphatic heterocycles. The summed E-state index contributed by atoms with van der Waals surface area (Å²) in [7, 11) is 1.71. The summed E-state index contributed by atoms with van der Waals surface area (Å²) in [5.41, 5.74) is 0. The molecule has 0 bridgehead atoms. The van der Waals surface area contributed by atoms with Gasteiger partial charge in [-0.15, -0.1) is 0 Å². The first kappa shape index (κ1) is 14.9. The van der Waals surface area contributed by atoms with E-state index >= 15 is 0 Å². The summed E-state index contributed by atoms with van der Waals surface area (Å²) < 4.78 is 10.4. The van der Waals surface area contributed by atoms with Gasteiger partial charge in [-0.25, -0.2) is 0 Å². The molecule has 2 atom stereocenters. The van der Waals surface area contributed by atoms with Crippen LogP contribution >= 0.6 is 0 Å². The Morgan fingerprint density at radius 3 is 2.76 bits per heavy atom. The van der Waals surface area contributed by atoms with Gasteiger partial charge in [0.05, 0.1) is 6.61 Å². The standard InChI is InChI=1S/C13H27NO3/c1-16-7-3-8-17-9-6-14-10-12-4-2-5-13(12)11-15/h12-15H,2-11H2,1H3. The summed E-state index contributed by atoms with van der Waals surface area (Å²) in [6, 6.07) is 0. The summed E-state index contributed by atoms with van der Waals surface area (Å²) in [6.07, 6.45) is 4.68. The topological polar surface area (TPSA) is 50.7 Å². The number of methoxy groups -OCH3 is 1. The molecule has 1 aliphatic rings. The van der Waals surface area contributed by atoms with Crippen LogP contribution in [0.15, 0.2) is 0 Å². The van der Waals surface area contributed by atoms with Crippen LogP contribution in [0.3, 0.4) is 0 Å². The van der Waals surface area contributed by atoms with Gasteiger partial charge in [-0.2, -0.15) is 0 Å². The minimum absolute atomic E-state index is 0.347. The van der Waals surface area contributed by atoms with E-state index in [1.165, 1.54) is 19.3 Å². The predicted molar refractivity (Wildman–Crippen MR) is 68.1 cm³/mol. The zero-order valence-electron chi connectivity index (χ0n) is 11.0. The molecule has 1 rings (SSSR count). The second kappa shape index (κ2) is 9.83. The molecule has 4 heteroatoms. The fourth-order valence-electron chi connectivity index (χ4n) is 2.46. The molecule has 1 fully saturated rings. The molecule has 0 heterocycles. The summed E-state index contributed by atoms with van der Waals surface area (Å²) in [6.45, 7) is 4.58. The lowest BCUT2D eigenvalue weighted by Crippen LogP contribution is -2.29. The molecule has 17 heavy (non-hydrogen) atoms. The van der Waals surface area contributed by atoms with E-state index in [4.69, 9.17) is 9.47 Å². The van der Waals surface area contributed by atoms with Crippen molar-refractivity contribution in [2.75, 3.05) is 46.6 Å². The molecule has 0 radical (unpaired) electrons. The van der Waals surface area contributed by atoms with Crippen LogP contribution in [0.5, 0.6) is 0 Å². The van der Waals surface area contributed by atoms with Crippen molar-refractivity contribution in [1.29, 1.82) is 0 Å². The van der Waals surface area contributed by atoms with Gasteiger partial charge in [0, 0.05) is 33.5 Å². The van der Waals surface area contributed by atoms with Gasteiger partial charge in [0.15, 0.2) is 0 Å². The average molecular weight is 245 g/mol. The number of ether oxygens (including phenoxy) is 2. The lowest BCUT2D eigenvalue weighted by molar-refractivity contribution is 0.103. The van der Waals surface area contributed by atoms with Crippen molar-refractivity contribution in [3.8, 4) is 0 Å². The van der Waals surface area contributed by atoms with Crippen molar-refractivity contribution in [2.45, 2.75) is 25.7 Å². The molecule has 0 aromatic carbocycles. The Labute approximate surface area is 105 Å². The highest BCUT2D eigenvalue weighted by molar-refractivity contribution is 4.78. The number of rotatable bonds is 10. The van der Waals surface area contributed by atoms with Gasteiger partial charge in [0.2, 0.25) is 0 Å². The van der Waals surface area contributed by atoms with Crippen LogP contribution in [-0.4, -0.2) is 51.7 Å². The van der Waals surface area contributed by atoms with Crippen molar-refractivity contribution in [1.82, 2.24) is 5.32 Å². The molecule has 0 aromatic heterocycles. The maximum absolute atomic E-state index is 9.20. The Balaban J connectivity index is 1.87. The van der Waals surface area contributed by atoms with E-state index in [1.54, 1.807) is 7.11 Å². The zero-order valence-corrected chi connectivity index (χ0v) is 11.0. The molecule has 0 saturated heterocycles. The maximum atomic E-state index is 9.20. The van der Waals surface area contributed by atoms with Crippen molar-refractivity contribution in [3.05, 3.63) is 0 Å². The lowest BCUT2D eigenvalue weighted by atomic mass is 9.97. The summed E-state index contributed by atoms with van der Waals surface area (Å²) >= 11 is 0. The van der Waals surface area contributed by atoms with Gasteiger partial charge >= 0.3 is 0 Å². The highest BCUT2D eigenvalue weighted by Crippen LogP contribution is 2.30. The van der Waals surface area contributed by atoms with Gasteiger partial charge in [0.25, 0.3) is 0 Å². The second-order valence-corrected chi connectivity index (χ2v) is 4.80. The molecule has 0 spiro atoms. The Morgan fingerprint density at radius 1 is 1.18 bits per heavy atom. The average Bonchev–Trinajstić information content (AvgIpc) is 2.80. The Bertz CT molecular complexity index is 178. The van der Waals surface area contributed by atoms with E-state index in [0.29, 0.717) is 18.4 Å². The molecule has 1 saturated carbocycles. The van der Waals surface area contributed by atoms with Gasteiger partial charge in [-0.3, -0.25) is 0 Å². The van der Waals surface area contributed by atoms with Gasteiger partial charge in [-0.05, 0) is 37.6 Å². The number of aliphatic hydroxyl groups excluding tert-OH is 1. The molecule has 1 aliphatic carbocycles. The van der Waals surface area contributed by atoms with Crippen LogP contribution in [0.2, 0.25) is 0 Å². The highest BCUT2D eigenvalue weighted by atomic mass is 16.5. The largest absolute Gasteiger partial charge is 0.396 e. The molecule has 102 valence electrons. The van der Waals surface area contributed by atoms with Crippen LogP contribution in [0.25, 0.3) is 0 Å². The second-order valence-electron chi connectivity index (χ2n) is 4.80. The van der Waals surface area contributed by atoms with Crippen LogP contribution in [-0.2, 0) is 9.47 Å². The van der Waals surface area contributed by atoms with E-state index in [1.807, 2.05) is 0 Å². The van der Waals surface area contributed by atoms with Gasteiger partial charge < -0.3 is 19.9 Å². The predicted octanol–water partition coefficient (Wildman–Crippen LogP) is 1.04. The molecular formula is C13H27NO3. The van der Waals surface area contributed by atoms with Crippen LogP contribution in [0.1, 0.15) is 25.7 Å². The molecule has 2 N–H and O–H groups in total. The molecule has 0 aromatic rings. The van der Waals surface area contributed by atoms with E-state index in [2.05, 4.69) is 5.32 Å². The fraction of sp³-hybridized carbons (Fsp3) is 1.00. The molecule has 4 nitrogen and oxygen atoms in total. The number of aliphatic hydroxyl groups is 1. The van der Waals surface area contributed by atoms with Crippen molar-refractivity contribution in [2.24, 2.45) is 11.8 Å². The van der Waals surface area contributed by atoms with E-state index in [-0.39, 0.29) is 0 Å². The van der Waals surface area contributed by atoms with E-state index in [9.17, 15) is 5.11 Å². The normalized spacial score (nSPS) is 24.4. The summed E-state index contributed by atoms with van der Waals surface area (Å²) in [5, 5.41) is 12.6. The van der Waals surface area contributed by atoms with Crippen LogP contribution < -0.4 is 5.32 Å². The Morgan fingerprint density at radius 2 is 2.00 bits per heavy atom.